The molecule has 2 nitrogen and oxygen atoms in total. The first kappa shape index (κ1) is 12.4. The van der Waals surface area contributed by atoms with Crippen molar-refractivity contribution in [2.75, 3.05) is 0 Å². The first-order valence-corrected chi connectivity index (χ1v) is 11.3. The van der Waals surface area contributed by atoms with Crippen LogP contribution in [0.15, 0.2) is 79.1 Å². The van der Waals surface area contributed by atoms with E-state index >= 15 is 0 Å². The second-order valence-electron chi connectivity index (χ2n) is 4.05. The van der Waals surface area contributed by atoms with Crippen molar-refractivity contribution >= 4 is 31.8 Å². The first-order chi connectivity index (χ1) is 9.45. The van der Waals surface area contributed by atoms with Crippen molar-refractivity contribution in [2.24, 2.45) is 0 Å². The maximum atomic E-state index is 4.58. The van der Waals surface area contributed by atoms with Gasteiger partial charge in [0.05, 0.1) is 0 Å². The summed E-state index contributed by atoms with van der Waals surface area (Å²) in [5, 5.41) is 0. The van der Waals surface area contributed by atoms with Crippen LogP contribution in [-0.4, -0.2) is 31.7 Å². The maximum absolute atomic E-state index is 4.58. The van der Waals surface area contributed by atoms with E-state index in [1.807, 2.05) is 24.5 Å². The summed E-state index contributed by atoms with van der Waals surface area (Å²) in [5.41, 5.74) is 0. The minimum absolute atomic E-state index is 1.22. The van der Waals surface area contributed by atoms with Gasteiger partial charge in [-0.3, -0.25) is 0 Å². The van der Waals surface area contributed by atoms with Crippen LogP contribution in [0.4, 0.5) is 0 Å². The zero-order valence-corrected chi connectivity index (χ0v) is 13.8. The van der Waals surface area contributed by atoms with Crippen molar-refractivity contribution < 1.29 is 0 Å². The van der Waals surface area contributed by atoms with Crippen LogP contribution in [0.25, 0.3) is 0 Å². The van der Waals surface area contributed by atoms with E-state index < -0.39 is 21.8 Å². The van der Waals surface area contributed by atoms with Crippen LogP contribution in [-0.2, 0) is 0 Å². The summed E-state index contributed by atoms with van der Waals surface area (Å²) in [7, 11) is 0. The number of benzene rings is 1. The van der Waals surface area contributed by atoms with Crippen LogP contribution in [0.1, 0.15) is 0 Å². The normalized spacial score (nSPS) is 10.6. The van der Waals surface area contributed by atoms with Gasteiger partial charge in [-0.05, 0) is 0 Å². The molecule has 2 heterocycles. The Bertz CT molecular complexity index is 533. The molecule has 0 amide bonds. The van der Waals surface area contributed by atoms with Crippen molar-refractivity contribution in [2.45, 2.75) is 0 Å². The number of hydrogen-bond donors (Lipinski definition) is 0. The van der Waals surface area contributed by atoms with E-state index in [1.54, 1.807) is 0 Å². The second-order valence-corrected chi connectivity index (χ2v) is 12.2. The Morgan fingerprint density at radius 2 is 1.11 bits per heavy atom. The molecule has 1 aromatic carbocycles. The number of rotatable bonds is 3. The van der Waals surface area contributed by atoms with E-state index in [4.69, 9.17) is 0 Å². The molecule has 0 bridgehead atoms. The van der Waals surface area contributed by atoms with E-state index in [9.17, 15) is 0 Å². The van der Waals surface area contributed by atoms with Crippen molar-refractivity contribution in [1.29, 1.82) is 0 Å². The summed E-state index contributed by atoms with van der Waals surface area (Å²) < 4.78 is 3.86. The van der Waals surface area contributed by atoms with Gasteiger partial charge in [0.1, 0.15) is 0 Å². The van der Waals surface area contributed by atoms with Gasteiger partial charge in [0.25, 0.3) is 0 Å². The number of pyridine rings is 2. The molecule has 0 aliphatic heterocycles. The summed E-state index contributed by atoms with van der Waals surface area (Å²) in [5.74, 6) is 0. The van der Waals surface area contributed by atoms with E-state index in [1.165, 1.54) is 10.1 Å². The van der Waals surface area contributed by atoms with E-state index in [0.29, 0.717) is 0 Å². The predicted octanol–water partition coefficient (Wildman–Crippen LogP) is 0.993. The zero-order valence-electron chi connectivity index (χ0n) is 10.3. The van der Waals surface area contributed by atoms with Gasteiger partial charge in [0.2, 0.25) is 0 Å². The van der Waals surface area contributed by atoms with E-state index in [-0.39, 0.29) is 0 Å². The van der Waals surface area contributed by atoms with Gasteiger partial charge in [0, 0.05) is 0 Å². The molecule has 0 saturated heterocycles. The summed E-state index contributed by atoms with van der Waals surface area (Å²) in [4.78, 5) is 9.16. The Hall–Kier alpha value is -1.60. The van der Waals surface area contributed by atoms with Gasteiger partial charge >= 0.3 is 121 Å². The fraction of sp³-hybridized carbons (Fsp3) is 0. The molecular formula is C16H13BiN2. The summed E-state index contributed by atoms with van der Waals surface area (Å²) in [6.45, 7) is 0. The summed E-state index contributed by atoms with van der Waals surface area (Å²) in [6, 6.07) is 23.0. The molecule has 0 aliphatic carbocycles. The molecule has 19 heavy (non-hydrogen) atoms. The third-order valence-electron chi connectivity index (χ3n) is 2.77. The molecule has 0 fully saturated rings. The standard InChI is InChI=1S/C6H5.2C5H4N.Bi/c3*1-2-4-6-5-3-1;/h1-5H;2*1-4H;. The minimum atomic E-state index is -2.29. The predicted molar refractivity (Wildman–Crippen MR) is 79.6 cm³/mol. The van der Waals surface area contributed by atoms with Gasteiger partial charge in [-0.25, -0.2) is 0 Å². The number of aromatic nitrogens is 2. The van der Waals surface area contributed by atoms with Gasteiger partial charge in [-0.1, -0.05) is 0 Å². The van der Waals surface area contributed by atoms with Crippen molar-refractivity contribution in [3.63, 3.8) is 0 Å². The van der Waals surface area contributed by atoms with Crippen LogP contribution >= 0.6 is 0 Å². The Morgan fingerprint density at radius 1 is 0.579 bits per heavy atom. The van der Waals surface area contributed by atoms with E-state index in [0.717, 1.165) is 0 Å². The van der Waals surface area contributed by atoms with Crippen molar-refractivity contribution in [3.05, 3.63) is 79.1 Å². The molecule has 0 aliphatic rings. The average molecular weight is 442 g/mol. The van der Waals surface area contributed by atoms with Crippen molar-refractivity contribution in [1.82, 2.24) is 9.97 Å². The zero-order chi connectivity index (χ0) is 12.9. The fourth-order valence-electron chi connectivity index (χ4n) is 1.93. The summed E-state index contributed by atoms with van der Waals surface area (Å²) >= 11 is -2.29. The quantitative estimate of drug-likeness (QED) is 0.566. The van der Waals surface area contributed by atoms with Gasteiger partial charge in [0.15, 0.2) is 0 Å². The fourth-order valence-corrected chi connectivity index (χ4v) is 9.97. The molecule has 92 valence electrons. The van der Waals surface area contributed by atoms with Crippen LogP contribution in [0.2, 0.25) is 0 Å². The molecule has 0 unspecified atom stereocenters. The van der Waals surface area contributed by atoms with Crippen LogP contribution < -0.4 is 10.1 Å². The molecule has 0 spiro atoms. The SMILES string of the molecule is c1cc[c]([Bi]([c]2ccccn2)[c]2ccccn2)cc1. The molecule has 3 heteroatoms. The third kappa shape index (κ3) is 2.88. The molecule has 0 N–H and O–H groups in total. The molecule has 0 saturated carbocycles. The average Bonchev–Trinajstić information content (AvgIpc) is 2.51. The van der Waals surface area contributed by atoms with Gasteiger partial charge < -0.3 is 0 Å². The Morgan fingerprint density at radius 3 is 1.58 bits per heavy atom. The van der Waals surface area contributed by atoms with Crippen molar-refractivity contribution in [3.8, 4) is 0 Å². The van der Waals surface area contributed by atoms with Crippen LogP contribution in [0.5, 0.6) is 0 Å². The van der Waals surface area contributed by atoms with Gasteiger partial charge in [-0.2, -0.15) is 0 Å². The number of nitrogens with zero attached hydrogens (tertiary/aromatic N) is 2. The van der Waals surface area contributed by atoms with E-state index in [2.05, 4.69) is 64.6 Å². The third-order valence-corrected chi connectivity index (χ3v) is 11.6. The molecule has 2 aromatic heterocycles. The Kier molecular flexibility index (Phi) is 3.95. The monoisotopic (exact) mass is 442 g/mol. The molecule has 3 aromatic rings. The molecule has 0 atom stereocenters. The summed E-state index contributed by atoms with van der Waals surface area (Å²) in [6.07, 6.45) is 3.76. The molecule has 3 rings (SSSR count). The van der Waals surface area contributed by atoms with Gasteiger partial charge in [-0.15, -0.1) is 0 Å². The van der Waals surface area contributed by atoms with Crippen LogP contribution in [0, 0.1) is 0 Å². The topological polar surface area (TPSA) is 25.8 Å². The second kappa shape index (κ2) is 6.03. The Labute approximate surface area is 120 Å². The van der Waals surface area contributed by atoms with Crippen LogP contribution in [0.3, 0.4) is 0 Å². The number of hydrogen-bond acceptors (Lipinski definition) is 2. The first-order valence-electron chi connectivity index (χ1n) is 6.12. The molecular weight excluding hydrogens is 429 g/mol. The molecule has 0 radical (unpaired) electrons. The Balaban J connectivity index is 2.12.